The Morgan fingerprint density at radius 3 is 1.50 bits per heavy atom. The highest BCUT2D eigenvalue weighted by Gasteiger charge is 2.21. The number of hydrogen-bond donors (Lipinski definition) is 1. The lowest BCUT2D eigenvalue weighted by Gasteiger charge is -2.11. The first-order valence-electron chi connectivity index (χ1n) is 22.8. The molecule has 0 fully saturated rings. The minimum Gasteiger partial charge on any atom is -0.451 e. The number of aliphatic imine (C=N–C) groups is 1. The number of aromatic nitrogens is 2. The van der Waals surface area contributed by atoms with E-state index in [2.05, 4.69) is 133 Å². The highest BCUT2D eigenvalue weighted by atomic mass is 16.4. The van der Waals surface area contributed by atoms with Crippen LogP contribution in [0.2, 0.25) is 0 Å². The van der Waals surface area contributed by atoms with Crippen LogP contribution < -0.4 is 5.73 Å². The maximum absolute atomic E-state index is 6.95. The average molecular weight is 875 g/mol. The van der Waals surface area contributed by atoms with E-state index in [1.165, 1.54) is 0 Å². The van der Waals surface area contributed by atoms with Gasteiger partial charge in [0.1, 0.15) is 17.0 Å². The third kappa shape index (κ3) is 7.60. The molecule has 68 heavy (non-hydrogen) atoms. The van der Waals surface area contributed by atoms with E-state index < -0.39 is 0 Å². The van der Waals surface area contributed by atoms with E-state index in [1.807, 2.05) is 97.1 Å². The zero-order valence-corrected chi connectivity index (χ0v) is 36.9. The number of fused-ring (bicyclic) bond motifs is 7. The Labute approximate surface area is 393 Å². The van der Waals surface area contributed by atoms with E-state index in [1.54, 1.807) is 0 Å². The van der Waals surface area contributed by atoms with Crippen molar-refractivity contribution in [1.82, 2.24) is 9.97 Å². The van der Waals surface area contributed by atoms with E-state index in [0.717, 1.165) is 117 Å². The predicted octanol–water partition coefficient (Wildman–Crippen LogP) is 15.6. The summed E-state index contributed by atoms with van der Waals surface area (Å²) in [6.45, 7) is 0. The fourth-order valence-electron chi connectivity index (χ4n) is 9.20. The van der Waals surface area contributed by atoms with Crippen molar-refractivity contribution in [3.8, 4) is 56.2 Å². The molecule has 9 aromatic carbocycles. The molecule has 0 bridgehead atoms. The summed E-state index contributed by atoms with van der Waals surface area (Å²) in [5.41, 5.74) is 22.2. The summed E-state index contributed by atoms with van der Waals surface area (Å²) in [6, 6.07) is 76.7. The average Bonchev–Trinajstić information content (AvgIpc) is 4.00. The molecule has 6 heteroatoms. The van der Waals surface area contributed by atoms with Gasteiger partial charge in [0.25, 0.3) is 0 Å². The largest absolute Gasteiger partial charge is 0.451 e. The molecule has 0 atom stereocenters. The lowest BCUT2D eigenvalue weighted by molar-refractivity contribution is 0.634. The predicted molar refractivity (Wildman–Crippen MR) is 279 cm³/mol. The molecule has 0 radical (unpaired) electrons. The minimum absolute atomic E-state index is 0.476. The van der Waals surface area contributed by atoms with Gasteiger partial charge in [0, 0.05) is 54.9 Å². The molecule has 0 amide bonds. The fourth-order valence-corrected chi connectivity index (χ4v) is 9.20. The van der Waals surface area contributed by atoms with Crippen LogP contribution in [0.4, 0.5) is 0 Å². The molecular weight excluding hydrogens is 833 g/mol. The number of para-hydroxylation sites is 2. The Kier molecular flexibility index (Phi) is 10.3. The van der Waals surface area contributed by atoms with Crippen LogP contribution in [0.5, 0.6) is 0 Å². The molecule has 322 valence electrons. The smallest absolute Gasteiger partial charge is 0.178 e. The number of hydrogen-bond acceptors (Lipinski definition) is 5. The molecule has 12 aromatic rings. The molecular formula is C62H42N4O2. The zero-order chi connectivity index (χ0) is 45.4. The molecule has 2 N–H and O–H groups in total. The first-order chi connectivity index (χ1) is 33.6. The molecule has 0 saturated carbocycles. The van der Waals surface area contributed by atoms with Gasteiger partial charge in [0.05, 0.1) is 17.1 Å². The second-order valence-electron chi connectivity index (χ2n) is 16.9. The van der Waals surface area contributed by atoms with Crippen LogP contribution >= 0.6 is 0 Å². The number of allylic oxidation sites excluding steroid dienone is 1. The molecule has 0 saturated heterocycles. The molecule has 0 spiro atoms. The number of amidine groups is 1. The normalized spacial score (nSPS) is 12.1. The molecule has 0 unspecified atom stereocenters. The zero-order valence-electron chi connectivity index (χ0n) is 36.9. The van der Waals surface area contributed by atoms with Gasteiger partial charge in [0.15, 0.2) is 17.0 Å². The van der Waals surface area contributed by atoms with E-state index >= 15 is 0 Å². The second-order valence-corrected chi connectivity index (χ2v) is 16.9. The van der Waals surface area contributed by atoms with Crippen molar-refractivity contribution >= 4 is 55.4 Å². The van der Waals surface area contributed by atoms with Crippen LogP contribution in [-0.2, 0) is 6.42 Å². The third-order valence-corrected chi connectivity index (χ3v) is 12.6. The van der Waals surface area contributed by atoms with Crippen LogP contribution in [0.1, 0.15) is 16.7 Å². The van der Waals surface area contributed by atoms with E-state index in [-0.39, 0.29) is 0 Å². The molecule has 0 aliphatic carbocycles. The lowest BCUT2D eigenvalue weighted by atomic mass is 9.98. The van der Waals surface area contributed by atoms with Crippen molar-refractivity contribution in [3.05, 3.63) is 247 Å². The standard InChI is InChI=1S/C62H42N4O2/c63-61(43-22-9-3-10-23-43)64-54(41-18-5-1-6-19-41)36-33-40-17-13-26-45(37-40)48-29-15-31-50-52-34-35-53-51-32-16-30-49(58(51)68-60(53)59(52)67-57(48)50)46-27-14-28-47(38-46)56-39-55(42-20-7-2-8-21-42)65-62(66-56)44-24-11-4-12-25-44/h1-32,34-39H,33H2,(H2,63,64)/b54-36-. The van der Waals surface area contributed by atoms with Crippen molar-refractivity contribution in [1.29, 1.82) is 0 Å². The summed E-state index contributed by atoms with van der Waals surface area (Å²) in [5.74, 6) is 1.16. The first kappa shape index (κ1) is 40.4. The Balaban J connectivity index is 0.915. The van der Waals surface area contributed by atoms with Crippen molar-refractivity contribution in [3.63, 3.8) is 0 Å². The Morgan fingerprint density at radius 2 is 0.882 bits per heavy atom. The lowest BCUT2D eigenvalue weighted by Crippen LogP contribution is -2.13. The van der Waals surface area contributed by atoms with Gasteiger partial charge in [-0.25, -0.2) is 15.0 Å². The molecule has 3 heterocycles. The summed E-state index contributed by atoms with van der Waals surface area (Å²) in [6.07, 6.45) is 2.81. The van der Waals surface area contributed by atoms with Crippen molar-refractivity contribution in [2.75, 3.05) is 0 Å². The highest BCUT2D eigenvalue weighted by Crippen LogP contribution is 2.44. The monoisotopic (exact) mass is 874 g/mol. The van der Waals surface area contributed by atoms with E-state index in [0.29, 0.717) is 18.1 Å². The van der Waals surface area contributed by atoms with Gasteiger partial charge < -0.3 is 14.6 Å². The minimum atomic E-state index is 0.476. The Hall–Kier alpha value is -9.13. The van der Waals surface area contributed by atoms with Crippen molar-refractivity contribution < 1.29 is 8.83 Å². The molecule has 0 aliphatic heterocycles. The van der Waals surface area contributed by atoms with Gasteiger partial charge in [0.2, 0.25) is 0 Å². The maximum atomic E-state index is 6.95. The van der Waals surface area contributed by atoms with Crippen molar-refractivity contribution in [2.45, 2.75) is 6.42 Å². The number of furan rings is 2. The van der Waals surface area contributed by atoms with Gasteiger partial charge in [-0.2, -0.15) is 0 Å². The van der Waals surface area contributed by atoms with Gasteiger partial charge in [-0.1, -0.05) is 206 Å². The van der Waals surface area contributed by atoms with Crippen molar-refractivity contribution in [2.24, 2.45) is 10.7 Å². The van der Waals surface area contributed by atoms with Crippen LogP contribution in [0.15, 0.2) is 244 Å². The van der Waals surface area contributed by atoms with Gasteiger partial charge in [-0.05, 0) is 52.9 Å². The maximum Gasteiger partial charge on any atom is 0.178 e. The topological polar surface area (TPSA) is 90.4 Å². The molecule has 0 aliphatic rings. The number of nitrogens with zero attached hydrogens (tertiary/aromatic N) is 3. The SMILES string of the molecule is NC(=N/C(=C\Cc1cccc(-c2cccc3c2oc2c3ccc3c4cccc(-c5cccc(-c6cc(-c7ccccc7)nc(-c7ccccc7)n6)c5)c4oc32)c1)c1ccccc1)c1ccccc1. The Bertz CT molecular complexity index is 3820. The van der Waals surface area contributed by atoms with Gasteiger partial charge in [-0.15, -0.1) is 0 Å². The van der Waals surface area contributed by atoms with Crippen LogP contribution in [0, 0.1) is 0 Å². The number of nitrogens with two attached hydrogens (primary N) is 1. The summed E-state index contributed by atoms with van der Waals surface area (Å²) >= 11 is 0. The van der Waals surface area contributed by atoms with Crippen LogP contribution in [-0.4, -0.2) is 15.8 Å². The molecule has 6 nitrogen and oxygen atoms in total. The second kappa shape index (κ2) is 17.3. The molecule has 3 aromatic heterocycles. The fraction of sp³-hybridized carbons (Fsp3) is 0.0161. The summed E-state index contributed by atoms with van der Waals surface area (Å²) in [5, 5.41) is 4.06. The first-order valence-corrected chi connectivity index (χ1v) is 22.8. The highest BCUT2D eigenvalue weighted by molar-refractivity contribution is 6.21. The summed E-state index contributed by atoms with van der Waals surface area (Å²) in [7, 11) is 0. The van der Waals surface area contributed by atoms with Gasteiger partial charge >= 0.3 is 0 Å². The number of benzene rings is 9. The van der Waals surface area contributed by atoms with E-state index in [4.69, 9.17) is 29.5 Å². The summed E-state index contributed by atoms with van der Waals surface area (Å²) in [4.78, 5) is 15.0. The van der Waals surface area contributed by atoms with E-state index in [9.17, 15) is 0 Å². The Morgan fingerprint density at radius 1 is 0.412 bits per heavy atom. The number of rotatable bonds is 10. The third-order valence-electron chi connectivity index (χ3n) is 12.6. The van der Waals surface area contributed by atoms with Crippen LogP contribution in [0.25, 0.3) is 106 Å². The van der Waals surface area contributed by atoms with Crippen LogP contribution in [0.3, 0.4) is 0 Å². The van der Waals surface area contributed by atoms with Gasteiger partial charge in [-0.3, -0.25) is 0 Å². The summed E-state index contributed by atoms with van der Waals surface area (Å²) < 4.78 is 13.9. The quantitative estimate of drug-likeness (QED) is 0.109. The molecule has 12 rings (SSSR count).